The predicted molar refractivity (Wildman–Crippen MR) is 86.4 cm³/mol. The molecular formula is C17H29N3. The summed E-state index contributed by atoms with van der Waals surface area (Å²) in [6.45, 7) is 10.7. The maximum Gasteiger partial charge on any atom is 0.120 e. The van der Waals surface area contributed by atoms with Crippen LogP contribution < -0.4 is 5.32 Å². The summed E-state index contributed by atoms with van der Waals surface area (Å²) in [7, 11) is 1.87. The molecule has 0 bridgehead atoms. The summed E-state index contributed by atoms with van der Waals surface area (Å²) in [6, 6.07) is 12.8. The highest BCUT2D eigenvalue weighted by molar-refractivity contribution is 5.17. The molecule has 20 heavy (non-hydrogen) atoms. The van der Waals surface area contributed by atoms with Crippen LogP contribution in [0.5, 0.6) is 0 Å². The molecule has 3 heteroatoms. The van der Waals surface area contributed by atoms with E-state index in [-0.39, 0.29) is 5.54 Å². The smallest absolute Gasteiger partial charge is 0.120 e. The quantitative estimate of drug-likeness (QED) is 0.918. The van der Waals surface area contributed by atoms with Crippen LogP contribution in [0.3, 0.4) is 0 Å². The molecule has 1 unspecified atom stereocenters. The standard InChI is InChI=1S/C13H17N3.2C2H6/c1-15-13(10-14)7-8-16(11-13)9-12-5-3-2-4-6-12;2*1-2/h2-6,15H,7-9,11H2,1H3;2*1-2H3. The molecule has 0 aliphatic carbocycles. The van der Waals surface area contributed by atoms with Crippen LogP contribution in [0.25, 0.3) is 0 Å². The van der Waals surface area contributed by atoms with Gasteiger partial charge in [0.15, 0.2) is 0 Å². The van der Waals surface area contributed by atoms with Gasteiger partial charge in [-0.1, -0.05) is 58.0 Å². The van der Waals surface area contributed by atoms with Gasteiger partial charge in [-0.3, -0.25) is 4.90 Å². The Balaban J connectivity index is 0.000000829. The fourth-order valence-electron chi connectivity index (χ4n) is 2.22. The van der Waals surface area contributed by atoms with Gasteiger partial charge in [-0.2, -0.15) is 5.26 Å². The van der Waals surface area contributed by atoms with Crippen molar-refractivity contribution in [3.05, 3.63) is 35.9 Å². The van der Waals surface area contributed by atoms with Gasteiger partial charge < -0.3 is 5.32 Å². The first-order chi connectivity index (χ1) is 9.78. The van der Waals surface area contributed by atoms with Crippen LogP contribution in [0.15, 0.2) is 30.3 Å². The van der Waals surface area contributed by atoms with Gasteiger partial charge in [0.25, 0.3) is 0 Å². The maximum atomic E-state index is 9.16. The third kappa shape index (κ3) is 5.32. The van der Waals surface area contributed by atoms with Gasteiger partial charge in [-0.15, -0.1) is 0 Å². The molecule has 0 radical (unpaired) electrons. The highest BCUT2D eigenvalue weighted by atomic mass is 15.2. The third-order valence-electron chi connectivity index (χ3n) is 3.29. The lowest BCUT2D eigenvalue weighted by Gasteiger charge is -2.21. The molecule has 112 valence electrons. The summed E-state index contributed by atoms with van der Waals surface area (Å²) >= 11 is 0. The molecule has 1 aromatic carbocycles. The van der Waals surface area contributed by atoms with E-state index in [1.807, 2.05) is 40.8 Å². The number of benzene rings is 1. The fourth-order valence-corrected chi connectivity index (χ4v) is 2.22. The number of rotatable bonds is 3. The largest absolute Gasteiger partial charge is 0.301 e. The summed E-state index contributed by atoms with van der Waals surface area (Å²) in [5.41, 5.74) is 0.974. The second-order valence-electron chi connectivity index (χ2n) is 4.39. The van der Waals surface area contributed by atoms with Crippen molar-refractivity contribution in [2.24, 2.45) is 0 Å². The third-order valence-corrected chi connectivity index (χ3v) is 3.29. The Morgan fingerprint density at radius 3 is 2.25 bits per heavy atom. The number of nitrogens with zero attached hydrogens (tertiary/aromatic N) is 2. The van der Waals surface area contributed by atoms with Crippen molar-refractivity contribution in [3.8, 4) is 6.07 Å². The number of hydrogen-bond acceptors (Lipinski definition) is 3. The molecule has 1 atom stereocenters. The molecule has 1 aliphatic heterocycles. The number of likely N-dealkylation sites (tertiary alicyclic amines) is 1. The number of nitriles is 1. The topological polar surface area (TPSA) is 39.1 Å². The monoisotopic (exact) mass is 275 g/mol. The van der Waals surface area contributed by atoms with E-state index >= 15 is 0 Å². The van der Waals surface area contributed by atoms with Gasteiger partial charge in [0, 0.05) is 19.6 Å². The predicted octanol–water partition coefficient (Wildman–Crippen LogP) is 3.43. The first-order valence-corrected chi connectivity index (χ1v) is 7.64. The first kappa shape index (κ1) is 18.6. The zero-order chi connectivity index (χ0) is 15.4. The van der Waals surface area contributed by atoms with Crippen LogP contribution in [-0.2, 0) is 6.54 Å². The number of nitrogens with one attached hydrogen (secondary N) is 1. The summed E-state index contributed by atoms with van der Waals surface area (Å²) in [5, 5.41) is 12.3. The van der Waals surface area contributed by atoms with E-state index in [4.69, 9.17) is 5.26 Å². The lowest BCUT2D eigenvalue weighted by Crippen LogP contribution is -2.43. The van der Waals surface area contributed by atoms with Gasteiger partial charge >= 0.3 is 0 Å². The van der Waals surface area contributed by atoms with Gasteiger partial charge in [0.1, 0.15) is 5.54 Å². The van der Waals surface area contributed by atoms with E-state index < -0.39 is 0 Å². The highest BCUT2D eigenvalue weighted by Gasteiger charge is 2.36. The Morgan fingerprint density at radius 2 is 1.80 bits per heavy atom. The average Bonchev–Trinajstić information content (AvgIpc) is 2.96. The first-order valence-electron chi connectivity index (χ1n) is 7.64. The second kappa shape index (κ2) is 10.4. The molecule has 1 aliphatic rings. The molecule has 3 nitrogen and oxygen atoms in total. The summed E-state index contributed by atoms with van der Waals surface area (Å²) in [4.78, 5) is 2.33. The van der Waals surface area contributed by atoms with Gasteiger partial charge in [0.2, 0.25) is 0 Å². The minimum Gasteiger partial charge on any atom is -0.301 e. The molecule has 1 saturated heterocycles. The summed E-state index contributed by atoms with van der Waals surface area (Å²) < 4.78 is 0. The van der Waals surface area contributed by atoms with Crippen LogP contribution in [0, 0.1) is 11.3 Å². The Morgan fingerprint density at radius 1 is 1.20 bits per heavy atom. The minimum atomic E-state index is -0.339. The average molecular weight is 275 g/mol. The molecule has 2 rings (SSSR count). The van der Waals surface area contributed by atoms with Crippen molar-refractivity contribution < 1.29 is 0 Å². The van der Waals surface area contributed by atoms with E-state index in [9.17, 15) is 0 Å². The molecule has 1 N–H and O–H groups in total. The molecule has 0 amide bonds. The van der Waals surface area contributed by atoms with Crippen LogP contribution >= 0.6 is 0 Å². The van der Waals surface area contributed by atoms with Crippen LogP contribution in [0.1, 0.15) is 39.7 Å². The maximum absolute atomic E-state index is 9.16. The number of likely N-dealkylation sites (N-methyl/N-ethyl adjacent to an activating group) is 1. The van der Waals surface area contributed by atoms with Crippen molar-refractivity contribution in [1.29, 1.82) is 5.26 Å². The van der Waals surface area contributed by atoms with Gasteiger partial charge in [-0.25, -0.2) is 0 Å². The lowest BCUT2D eigenvalue weighted by atomic mass is 10.0. The molecule has 1 fully saturated rings. The SMILES string of the molecule is CC.CC.CNC1(C#N)CCN(Cc2ccccc2)C1. The summed E-state index contributed by atoms with van der Waals surface area (Å²) in [5.74, 6) is 0. The molecule has 0 aromatic heterocycles. The zero-order valence-electron chi connectivity index (χ0n) is 13.6. The Bertz CT molecular complexity index is 383. The Hall–Kier alpha value is -1.37. The molecule has 1 heterocycles. The van der Waals surface area contributed by atoms with Crippen LogP contribution in [0.2, 0.25) is 0 Å². The number of hydrogen-bond donors (Lipinski definition) is 1. The van der Waals surface area contributed by atoms with Crippen molar-refractivity contribution in [1.82, 2.24) is 10.2 Å². The van der Waals surface area contributed by atoms with Crippen LogP contribution in [-0.4, -0.2) is 30.6 Å². The lowest BCUT2D eigenvalue weighted by molar-refractivity contribution is 0.308. The van der Waals surface area contributed by atoms with Gasteiger partial charge in [-0.05, 0) is 19.0 Å². The zero-order valence-corrected chi connectivity index (χ0v) is 13.6. The fraction of sp³-hybridized carbons (Fsp3) is 0.588. The Kier molecular flexibility index (Phi) is 9.71. The molecule has 1 aromatic rings. The Labute approximate surface area is 124 Å². The molecule has 0 saturated carbocycles. The van der Waals surface area contributed by atoms with E-state index in [1.165, 1.54) is 5.56 Å². The van der Waals surface area contributed by atoms with Crippen molar-refractivity contribution in [2.75, 3.05) is 20.1 Å². The summed E-state index contributed by atoms with van der Waals surface area (Å²) in [6.07, 6.45) is 0.910. The van der Waals surface area contributed by atoms with Gasteiger partial charge in [0.05, 0.1) is 6.07 Å². The molecule has 0 spiro atoms. The van der Waals surface area contributed by atoms with Crippen molar-refractivity contribution >= 4 is 0 Å². The van der Waals surface area contributed by atoms with Crippen molar-refractivity contribution in [3.63, 3.8) is 0 Å². The second-order valence-corrected chi connectivity index (χ2v) is 4.39. The van der Waals surface area contributed by atoms with E-state index in [0.29, 0.717) is 0 Å². The van der Waals surface area contributed by atoms with Crippen molar-refractivity contribution in [2.45, 2.75) is 46.2 Å². The minimum absolute atomic E-state index is 0.339. The molecular weight excluding hydrogens is 246 g/mol. The van der Waals surface area contributed by atoms with E-state index in [2.05, 4.69) is 40.6 Å². The van der Waals surface area contributed by atoms with Crippen LogP contribution in [0.4, 0.5) is 0 Å². The highest BCUT2D eigenvalue weighted by Crippen LogP contribution is 2.21. The van der Waals surface area contributed by atoms with E-state index in [0.717, 1.165) is 26.1 Å². The normalized spacial score (nSPS) is 21.0. The van der Waals surface area contributed by atoms with E-state index in [1.54, 1.807) is 0 Å².